The Kier molecular flexibility index (Phi) is 6.91. The molecule has 1 fully saturated rings. The monoisotopic (exact) mass is 558 g/mol. The van der Waals surface area contributed by atoms with Crippen LogP contribution in [0.2, 0.25) is 5.02 Å². The van der Waals surface area contributed by atoms with Gasteiger partial charge in [0.25, 0.3) is 5.91 Å². The molecule has 0 aliphatic carbocycles. The van der Waals surface area contributed by atoms with Gasteiger partial charge in [-0.1, -0.05) is 11.6 Å². The number of sulfonamides is 1. The van der Waals surface area contributed by atoms with Crippen LogP contribution in [0.1, 0.15) is 34.0 Å². The number of anilines is 2. The average molecular weight is 559 g/mol. The minimum absolute atomic E-state index is 0.116. The maximum Gasteiger partial charge on any atom is 0.341 e. The summed E-state index contributed by atoms with van der Waals surface area (Å²) in [6, 6.07) is 8.98. The zero-order valence-electron chi connectivity index (χ0n) is 21.9. The summed E-state index contributed by atoms with van der Waals surface area (Å²) in [7, 11) is -1.37. The van der Waals surface area contributed by atoms with E-state index < -0.39 is 15.6 Å². The van der Waals surface area contributed by atoms with Crippen molar-refractivity contribution in [3.8, 4) is 0 Å². The smallest absolute Gasteiger partial charge is 0.341 e. The number of carbonyl (C=O) groups is 1. The Balaban J connectivity index is 1.42. The van der Waals surface area contributed by atoms with Crippen molar-refractivity contribution < 1.29 is 17.6 Å². The van der Waals surface area contributed by atoms with E-state index in [9.17, 15) is 18.0 Å². The van der Waals surface area contributed by atoms with Crippen molar-refractivity contribution in [2.24, 2.45) is 0 Å². The Bertz CT molecular complexity index is 1600. The predicted molar refractivity (Wildman–Crippen MR) is 150 cm³/mol. The van der Waals surface area contributed by atoms with Gasteiger partial charge < -0.3 is 19.1 Å². The molecule has 0 saturated carbocycles. The second kappa shape index (κ2) is 9.91. The van der Waals surface area contributed by atoms with Crippen LogP contribution in [-0.4, -0.2) is 69.6 Å². The van der Waals surface area contributed by atoms with Gasteiger partial charge >= 0.3 is 5.63 Å². The number of piperazine rings is 1. The maximum absolute atomic E-state index is 13.2. The van der Waals surface area contributed by atoms with Gasteiger partial charge in [0.15, 0.2) is 0 Å². The van der Waals surface area contributed by atoms with E-state index in [1.807, 2.05) is 13.0 Å². The molecule has 202 valence electrons. The molecule has 1 saturated heterocycles. The van der Waals surface area contributed by atoms with E-state index in [-0.39, 0.29) is 23.2 Å². The van der Waals surface area contributed by atoms with Crippen LogP contribution in [0.15, 0.2) is 39.5 Å². The molecule has 5 rings (SSSR count). The summed E-state index contributed by atoms with van der Waals surface area (Å²) in [5.41, 5.74) is 4.13. The Morgan fingerprint density at radius 2 is 1.89 bits per heavy atom. The number of benzene rings is 2. The van der Waals surface area contributed by atoms with Gasteiger partial charge in [-0.2, -0.15) is 0 Å². The fourth-order valence-electron chi connectivity index (χ4n) is 5.35. The summed E-state index contributed by atoms with van der Waals surface area (Å²) in [4.78, 5) is 32.7. The number of hydrogen-bond donors (Lipinski definition) is 1. The lowest BCUT2D eigenvalue weighted by Crippen LogP contribution is -2.50. The first-order valence-corrected chi connectivity index (χ1v) is 14.8. The lowest BCUT2D eigenvalue weighted by molar-refractivity contribution is 0.0733. The Morgan fingerprint density at radius 1 is 1.13 bits per heavy atom. The first kappa shape index (κ1) is 26.5. The van der Waals surface area contributed by atoms with Gasteiger partial charge in [-0.15, -0.1) is 0 Å². The third-order valence-electron chi connectivity index (χ3n) is 7.59. The minimum Gasteiger partial charge on any atom is -0.422 e. The molecule has 3 heterocycles. The number of fused-ring (bicyclic) bond motifs is 3. The number of likely N-dealkylation sites (N-methyl/N-ethyl adjacent to an activating group) is 1. The van der Waals surface area contributed by atoms with E-state index in [4.69, 9.17) is 16.0 Å². The summed E-state index contributed by atoms with van der Waals surface area (Å²) >= 11 is 6.22. The van der Waals surface area contributed by atoms with Crippen molar-refractivity contribution in [1.29, 1.82) is 0 Å². The van der Waals surface area contributed by atoms with E-state index in [1.165, 1.54) is 18.2 Å². The zero-order valence-corrected chi connectivity index (χ0v) is 23.4. The first-order valence-electron chi connectivity index (χ1n) is 12.5. The molecule has 0 spiro atoms. The number of aryl methyl sites for hydroxylation is 1. The lowest BCUT2D eigenvalue weighted by atomic mass is 9.95. The molecule has 2 aromatic carbocycles. The van der Waals surface area contributed by atoms with Gasteiger partial charge in [-0.3, -0.25) is 9.52 Å². The third kappa shape index (κ3) is 5.00. The van der Waals surface area contributed by atoms with Gasteiger partial charge in [0.05, 0.1) is 29.1 Å². The highest BCUT2D eigenvalue weighted by molar-refractivity contribution is 7.92. The molecule has 1 aromatic heterocycles. The van der Waals surface area contributed by atoms with Crippen molar-refractivity contribution in [3.05, 3.63) is 68.0 Å². The lowest BCUT2D eigenvalue weighted by Gasteiger charge is -2.39. The second-order valence-electron chi connectivity index (χ2n) is 10.3. The van der Waals surface area contributed by atoms with Gasteiger partial charge in [0.2, 0.25) is 10.0 Å². The molecule has 38 heavy (non-hydrogen) atoms. The molecule has 1 N–H and O–H groups in total. The van der Waals surface area contributed by atoms with Crippen LogP contribution >= 0.6 is 11.6 Å². The van der Waals surface area contributed by atoms with Crippen molar-refractivity contribution in [2.45, 2.75) is 32.9 Å². The summed E-state index contributed by atoms with van der Waals surface area (Å²) in [5.74, 6) is -0.293. The Hall–Kier alpha value is -3.08. The molecule has 0 bridgehead atoms. The van der Waals surface area contributed by atoms with Crippen molar-refractivity contribution in [1.82, 2.24) is 9.80 Å². The molecule has 2 aliphatic heterocycles. The molecule has 3 aromatic rings. The quantitative estimate of drug-likeness (QED) is 0.489. The zero-order chi connectivity index (χ0) is 27.4. The molecule has 11 heteroatoms. The van der Waals surface area contributed by atoms with Crippen LogP contribution in [0.25, 0.3) is 11.0 Å². The Morgan fingerprint density at radius 3 is 2.58 bits per heavy atom. The third-order valence-corrected chi connectivity index (χ3v) is 8.49. The molecule has 2 aliphatic rings. The number of rotatable bonds is 4. The van der Waals surface area contributed by atoms with Gasteiger partial charge in [0.1, 0.15) is 5.58 Å². The van der Waals surface area contributed by atoms with E-state index in [0.29, 0.717) is 35.7 Å². The topological polar surface area (TPSA) is 103 Å². The van der Waals surface area contributed by atoms with Crippen LogP contribution < -0.4 is 15.2 Å². The van der Waals surface area contributed by atoms with E-state index in [0.717, 1.165) is 48.1 Å². The maximum atomic E-state index is 13.2. The standard InChI is InChI=1S/C27H31ClN4O5S/c1-16-14-31(12-11-30(16)3)24-8-6-20-19-9-10-32(15-21(19)27(34)37-25(20)17(24)2)26(33)18-5-7-23(22(28)13-18)29-38(4,35)36/h5-8,13,16,29H,9-12,14-15H2,1-4H3/t16-/m0/s1. The van der Waals surface area contributed by atoms with Gasteiger partial charge in [-0.05, 0) is 63.2 Å². The highest BCUT2D eigenvalue weighted by Gasteiger charge is 2.29. The molecule has 1 atom stereocenters. The minimum atomic E-state index is -3.51. The van der Waals surface area contributed by atoms with Crippen LogP contribution in [0.5, 0.6) is 0 Å². The number of nitrogens with one attached hydrogen (secondary N) is 1. The molecule has 0 unspecified atom stereocenters. The summed E-state index contributed by atoms with van der Waals surface area (Å²) in [5, 5.41) is 1.03. The number of nitrogens with zero attached hydrogens (tertiary/aromatic N) is 3. The van der Waals surface area contributed by atoms with E-state index in [1.54, 1.807) is 4.90 Å². The number of halogens is 1. The van der Waals surface area contributed by atoms with Crippen molar-refractivity contribution in [2.75, 3.05) is 49.1 Å². The van der Waals surface area contributed by atoms with Crippen LogP contribution in [0, 0.1) is 6.92 Å². The SMILES string of the molecule is Cc1c(N2CCN(C)[C@@H](C)C2)ccc2c3c(c(=O)oc12)CN(C(=O)c1ccc(NS(C)(=O)=O)c(Cl)c1)CC3. The molecule has 1 amide bonds. The van der Waals surface area contributed by atoms with Gasteiger partial charge in [-0.25, -0.2) is 13.2 Å². The van der Waals surface area contributed by atoms with Gasteiger partial charge in [0, 0.05) is 54.4 Å². The number of hydrogen-bond acceptors (Lipinski definition) is 7. The van der Waals surface area contributed by atoms with Crippen LogP contribution in [0.4, 0.5) is 11.4 Å². The molecular weight excluding hydrogens is 528 g/mol. The van der Waals surface area contributed by atoms with Crippen molar-refractivity contribution >= 4 is 49.9 Å². The van der Waals surface area contributed by atoms with Crippen LogP contribution in [-0.2, 0) is 23.0 Å². The highest BCUT2D eigenvalue weighted by atomic mass is 35.5. The average Bonchev–Trinajstić information content (AvgIpc) is 2.86. The normalized spacial score (nSPS) is 18.5. The van der Waals surface area contributed by atoms with Crippen LogP contribution in [0.3, 0.4) is 0 Å². The summed E-state index contributed by atoms with van der Waals surface area (Å²) < 4.78 is 31.2. The van der Waals surface area contributed by atoms with E-state index >= 15 is 0 Å². The molecule has 0 radical (unpaired) electrons. The van der Waals surface area contributed by atoms with E-state index in [2.05, 4.69) is 34.6 Å². The second-order valence-corrected chi connectivity index (χ2v) is 12.4. The molecule has 9 nitrogen and oxygen atoms in total. The fraction of sp³-hybridized carbons (Fsp3) is 0.407. The Labute approximate surface area is 227 Å². The number of amides is 1. The first-order chi connectivity index (χ1) is 17.9. The fourth-order valence-corrected chi connectivity index (χ4v) is 6.21. The number of carbonyl (C=O) groups excluding carboxylic acids is 1. The molecular formula is C27H31ClN4O5S. The van der Waals surface area contributed by atoms with Crippen molar-refractivity contribution in [3.63, 3.8) is 0 Å². The highest BCUT2D eigenvalue weighted by Crippen LogP contribution is 2.34. The summed E-state index contributed by atoms with van der Waals surface area (Å²) in [6.07, 6.45) is 1.55. The summed E-state index contributed by atoms with van der Waals surface area (Å²) in [6.45, 7) is 7.56. The predicted octanol–water partition coefficient (Wildman–Crippen LogP) is 3.47. The largest absolute Gasteiger partial charge is 0.422 e.